The lowest BCUT2D eigenvalue weighted by Crippen LogP contribution is -2.28. The number of nitrogens with one attached hydrogen (secondary N) is 1. The van der Waals surface area contributed by atoms with Gasteiger partial charge in [-0.05, 0) is 55.8 Å². The molecule has 12 heteroatoms. The Morgan fingerprint density at radius 1 is 1.08 bits per heavy atom. The van der Waals surface area contributed by atoms with E-state index in [0.717, 1.165) is 11.1 Å². The Balaban J connectivity index is 1.67. The highest BCUT2D eigenvalue weighted by atomic mass is 32.2. The molecule has 4 aromatic rings. The van der Waals surface area contributed by atoms with Gasteiger partial charge in [0.1, 0.15) is 5.75 Å². The van der Waals surface area contributed by atoms with Crippen LogP contribution in [0.15, 0.2) is 82.8 Å². The number of ether oxygens (including phenoxy) is 1. The van der Waals surface area contributed by atoms with Crippen molar-refractivity contribution in [3.63, 3.8) is 0 Å². The molecule has 1 unspecified atom stereocenters. The molecular weight excluding hydrogens is 514 g/mol. The lowest BCUT2D eigenvalue weighted by molar-refractivity contribution is -0.384. The van der Waals surface area contributed by atoms with Crippen molar-refractivity contribution in [2.45, 2.75) is 35.7 Å². The second kappa shape index (κ2) is 11.1. The van der Waals surface area contributed by atoms with Crippen molar-refractivity contribution in [1.82, 2.24) is 19.5 Å². The van der Waals surface area contributed by atoms with Crippen LogP contribution in [-0.2, 0) is 15.8 Å². The number of thioether (sulfide) groups is 1. The first-order valence-electron chi connectivity index (χ1n) is 11.2. The molecule has 3 aromatic carbocycles. The Morgan fingerprint density at radius 2 is 1.78 bits per heavy atom. The molecule has 0 spiro atoms. The Hall–Kier alpha value is -3.74. The summed E-state index contributed by atoms with van der Waals surface area (Å²) in [6, 6.07) is 19.3. The number of rotatable bonds is 10. The van der Waals surface area contributed by atoms with E-state index in [4.69, 9.17) is 4.74 Å². The molecule has 192 valence electrons. The van der Waals surface area contributed by atoms with Crippen molar-refractivity contribution in [2.75, 3.05) is 7.11 Å². The summed E-state index contributed by atoms with van der Waals surface area (Å²) < 4.78 is 35.6. The van der Waals surface area contributed by atoms with Crippen LogP contribution in [0.25, 0.3) is 5.69 Å². The zero-order valence-electron chi connectivity index (χ0n) is 20.4. The van der Waals surface area contributed by atoms with Gasteiger partial charge in [0, 0.05) is 23.6 Å². The fourth-order valence-corrected chi connectivity index (χ4v) is 5.78. The molecule has 0 amide bonds. The average Bonchev–Trinajstić information content (AvgIpc) is 3.31. The first-order chi connectivity index (χ1) is 17.7. The van der Waals surface area contributed by atoms with Gasteiger partial charge in [-0.2, -0.15) is 0 Å². The molecule has 1 atom stereocenters. The molecule has 0 aliphatic heterocycles. The predicted octanol–water partition coefficient (Wildman–Crippen LogP) is 4.82. The second-order valence-corrected chi connectivity index (χ2v) is 10.9. The summed E-state index contributed by atoms with van der Waals surface area (Å²) in [7, 11) is -2.38. The van der Waals surface area contributed by atoms with Gasteiger partial charge in [-0.25, -0.2) is 13.1 Å². The number of aromatic nitrogens is 3. The maximum atomic E-state index is 13.0. The van der Waals surface area contributed by atoms with E-state index in [2.05, 4.69) is 21.0 Å². The number of sulfonamides is 1. The Morgan fingerprint density at radius 3 is 2.41 bits per heavy atom. The molecule has 1 heterocycles. The molecule has 4 rings (SSSR count). The number of nitro groups is 1. The summed E-state index contributed by atoms with van der Waals surface area (Å²) in [6.45, 7) is 3.68. The van der Waals surface area contributed by atoms with Crippen LogP contribution in [0.5, 0.6) is 5.75 Å². The number of nitro benzene ring substituents is 1. The van der Waals surface area contributed by atoms with E-state index >= 15 is 0 Å². The minimum atomic E-state index is -3.88. The molecule has 1 N–H and O–H groups in total. The maximum Gasteiger partial charge on any atom is 0.269 e. The van der Waals surface area contributed by atoms with Crippen LogP contribution < -0.4 is 9.46 Å². The first-order valence-corrected chi connectivity index (χ1v) is 13.7. The van der Waals surface area contributed by atoms with Gasteiger partial charge in [-0.1, -0.05) is 41.6 Å². The quantitative estimate of drug-likeness (QED) is 0.172. The average molecular weight is 540 g/mol. The summed E-state index contributed by atoms with van der Waals surface area (Å²) >= 11 is 1.44. The Labute approximate surface area is 218 Å². The number of non-ortho nitro benzene ring substituents is 1. The number of hydrogen-bond donors (Lipinski definition) is 1. The topological polar surface area (TPSA) is 129 Å². The minimum Gasteiger partial charge on any atom is -0.497 e. The van der Waals surface area contributed by atoms with Crippen molar-refractivity contribution >= 4 is 27.5 Å². The molecule has 0 saturated heterocycles. The zero-order chi connectivity index (χ0) is 26.6. The smallest absolute Gasteiger partial charge is 0.269 e. The second-order valence-electron chi connectivity index (χ2n) is 8.25. The molecule has 37 heavy (non-hydrogen) atoms. The van der Waals surface area contributed by atoms with Crippen molar-refractivity contribution < 1.29 is 18.1 Å². The number of hydrogen-bond acceptors (Lipinski definition) is 8. The third-order valence-corrected chi connectivity index (χ3v) is 8.07. The monoisotopic (exact) mass is 539 g/mol. The number of methoxy groups -OCH3 is 1. The van der Waals surface area contributed by atoms with Gasteiger partial charge in [0.2, 0.25) is 10.0 Å². The van der Waals surface area contributed by atoms with Crippen LogP contribution in [0.2, 0.25) is 0 Å². The molecule has 0 radical (unpaired) electrons. The largest absolute Gasteiger partial charge is 0.497 e. The molecule has 0 bridgehead atoms. The maximum absolute atomic E-state index is 13.0. The van der Waals surface area contributed by atoms with E-state index < -0.39 is 21.0 Å². The zero-order valence-corrected chi connectivity index (χ0v) is 22.0. The summed E-state index contributed by atoms with van der Waals surface area (Å²) in [5, 5.41) is 20.3. The lowest BCUT2D eigenvalue weighted by atomic mass is 10.2. The number of aryl methyl sites for hydroxylation is 1. The molecule has 0 fully saturated rings. The fourth-order valence-electron chi connectivity index (χ4n) is 3.68. The molecule has 10 nitrogen and oxygen atoms in total. The van der Waals surface area contributed by atoms with Gasteiger partial charge in [0.05, 0.1) is 23.0 Å². The normalized spacial score (nSPS) is 12.3. The number of nitrogens with zero attached hydrogens (tertiary/aromatic N) is 4. The van der Waals surface area contributed by atoms with Crippen LogP contribution in [0.1, 0.15) is 29.9 Å². The van der Waals surface area contributed by atoms with Crippen LogP contribution in [-0.4, -0.2) is 35.2 Å². The molecule has 0 saturated carbocycles. The van der Waals surface area contributed by atoms with Gasteiger partial charge in [-0.3, -0.25) is 14.7 Å². The van der Waals surface area contributed by atoms with Crippen molar-refractivity contribution in [3.05, 3.63) is 99.9 Å². The Bertz CT molecular complexity index is 1500. The van der Waals surface area contributed by atoms with Crippen molar-refractivity contribution in [1.29, 1.82) is 0 Å². The van der Waals surface area contributed by atoms with E-state index in [-0.39, 0.29) is 10.6 Å². The van der Waals surface area contributed by atoms with Gasteiger partial charge in [0.25, 0.3) is 5.69 Å². The first kappa shape index (κ1) is 26.3. The number of benzene rings is 3. The van der Waals surface area contributed by atoms with E-state index in [1.807, 2.05) is 25.1 Å². The third kappa shape index (κ3) is 6.16. The van der Waals surface area contributed by atoms with Crippen LogP contribution >= 0.6 is 11.8 Å². The van der Waals surface area contributed by atoms with E-state index in [1.54, 1.807) is 35.8 Å². The summed E-state index contributed by atoms with van der Waals surface area (Å²) in [5.74, 6) is 1.50. The summed E-state index contributed by atoms with van der Waals surface area (Å²) in [4.78, 5) is 10.7. The third-order valence-electron chi connectivity index (χ3n) is 5.52. The van der Waals surface area contributed by atoms with Gasteiger partial charge in [-0.15, -0.1) is 10.2 Å². The van der Waals surface area contributed by atoms with Crippen LogP contribution in [0, 0.1) is 17.0 Å². The SMILES string of the molecule is COc1ccc(S(=O)(=O)NC(C)c2nnc(SCc3cccc(C)c3)n2-c2ccc([N+](=O)[O-])cc2)cc1. The van der Waals surface area contributed by atoms with Gasteiger partial charge >= 0.3 is 0 Å². The lowest BCUT2D eigenvalue weighted by Gasteiger charge is -2.16. The highest BCUT2D eigenvalue weighted by molar-refractivity contribution is 7.98. The van der Waals surface area contributed by atoms with Crippen molar-refractivity contribution in [2.24, 2.45) is 0 Å². The molecule has 0 aliphatic rings. The minimum absolute atomic E-state index is 0.0550. The summed E-state index contributed by atoms with van der Waals surface area (Å²) in [5.41, 5.74) is 2.75. The van der Waals surface area contributed by atoms with E-state index in [1.165, 1.54) is 43.1 Å². The summed E-state index contributed by atoms with van der Waals surface area (Å²) in [6.07, 6.45) is 0. The standard InChI is InChI=1S/C25H25N5O5S2/c1-17-5-4-6-19(15-17)16-36-25-27-26-24(29(25)20-7-9-21(10-8-20)30(31)32)18(2)28-37(33,34)23-13-11-22(35-3)12-14-23/h4-15,18,28H,16H2,1-3H3. The molecule has 1 aromatic heterocycles. The van der Waals surface area contributed by atoms with Crippen molar-refractivity contribution in [3.8, 4) is 11.4 Å². The van der Waals surface area contributed by atoms with Crippen LogP contribution in [0.4, 0.5) is 5.69 Å². The predicted molar refractivity (Wildman–Crippen MR) is 140 cm³/mol. The van der Waals surface area contributed by atoms with Crippen LogP contribution in [0.3, 0.4) is 0 Å². The highest BCUT2D eigenvalue weighted by Crippen LogP contribution is 2.29. The van der Waals surface area contributed by atoms with Gasteiger partial charge < -0.3 is 4.74 Å². The molecular formula is C25H25N5O5S2. The highest BCUT2D eigenvalue weighted by Gasteiger charge is 2.25. The fraction of sp³-hybridized carbons (Fsp3) is 0.200. The van der Waals surface area contributed by atoms with Gasteiger partial charge in [0.15, 0.2) is 11.0 Å². The van der Waals surface area contributed by atoms with E-state index in [9.17, 15) is 18.5 Å². The Kier molecular flexibility index (Phi) is 7.91. The molecule has 0 aliphatic carbocycles. The van der Waals surface area contributed by atoms with E-state index in [0.29, 0.717) is 28.2 Å².